The quantitative estimate of drug-likeness (QED) is 0.502. The average Bonchev–Trinajstić information content (AvgIpc) is 3.52. The molecule has 8 nitrogen and oxygen atoms in total. The molecule has 1 saturated heterocycles. The number of benzene rings is 1. The second kappa shape index (κ2) is 10.9. The summed E-state index contributed by atoms with van der Waals surface area (Å²) in [7, 11) is 0. The van der Waals surface area contributed by atoms with Crippen LogP contribution >= 0.6 is 22.7 Å². The van der Waals surface area contributed by atoms with Crippen LogP contribution in [0.15, 0.2) is 40.4 Å². The van der Waals surface area contributed by atoms with E-state index >= 15 is 0 Å². The van der Waals surface area contributed by atoms with Gasteiger partial charge in [-0.2, -0.15) is 11.3 Å². The van der Waals surface area contributed by atoms with Gasteiger partial charge in [0.15, 0.2) is 12.3 Å². The number of ether oxygens (including phenoxy) is 1. The zero-order valence-corrected chi connectivity index (χ0v) is 20.7. The van der Waals surface area contributed by atoms with Gasteiger partial charge < -0.3 is 15.0 Å². The Morgan fingerprint density at radius 1 is 1.06 bits per heavy atom. The van der Waals surface area contributed by atoms with Gasteiger partial charge in [0.25, 0.3) is 5.91 Å². The molecule has 10 heteroatoms. The van der Waals surface area contributed by atoms with E-state index in [0.717, 1.165) is 27.4 Å². The number of hydrogen-bond donors (Lipinski definition) is 1. The molecule has 0 atom stereocenters. The van der Waals surface area contributed by atoms with E-state index in [0.29, 0.717) is 26.2 Å². The molecule has 2 aromatic heterocycles. The number of anilines is 1. The van der Waals surface area contributed by atoms with Crippen LogP contribution < -0.4 is 5.32 Å². The number of esters is 1. The van der Waals surface area contributed by atoms with Crippen LogP contribution in [0.25, 0.3) is 10.6 Å². The molecular weight excluding hydrogens is 472 g/mol. The zero-order chi connectivity index (χ0) is 24.1. The van der Waals surface area contributed by atoms with Crippen LogP contribution in [-0.4, -0.2) is 71.9 Å². The largest absolute Gasteiger partial charge is 0.451 e. The maximum absolute atomic E-state index is 12.5. The third-order valence-electron chi connectivity index (χ3n) is 5.65. The molecule has 178 valence electrons. The second-order valence-corrected chi connectivity index (χ2v) is 9.74. The lowest BCUT2D eigenvalue weighted by molar-refractivity contribution is -0.136. The van der Waals surface area contributed by atoms with E-state index in [4.69, 9.17) is 4.74 Å². The highest BCUT2D eigenvalue weighted by Crippen LogP contribution is 2.26. The van der Waals surface area contributed by atoms with Gasteiger partial charge in [-0.15, -0.1) is 11.3 Å². The lowest BCUT2D eigenvalue weighted by Crippen LogP contribution is -2.51. The topological polar surface area (TPSA) is 91.8 Å². The molecule has 34 heavy (non-hydrogen) atoms. The number of thiazole rings is 1. The van der Waals surface area contributed by atoms with E-state index in [1.165, 1.54) is 11.3 Å². The van der Waals surface area contributed by atoms with Crippen molar-refractivity contribution in [3.05, 3.63) is 57.2 Å². The fourth-order valence-corrected chi connectivity index (χ4v) is 5.23. The monoisotopic (exact) mass is 498 g/mol. The molecule has 0 unspecified atom stereocenters. The van der Waals surface area contributed by atoms with Gasteiger partial charge in [-0.25, -0.2) is 9.78 Å². The van der Waals surface area contributed by atoms with Crippen LogP contribution in [0.4, 0.5) is 5.69 Å². The summed E-state index contributed by atoms with van der Waals surface area (Å²) in [6.45, 7) is 6.00. The standard InChI is InChI=1S/C24H26N4O4S2/c1-16-4-3-5-17(2)22(16)26-20(29)12-27-7-9-28(10-8-27)21(30)13-32-24(31)19-15-34-23(25-19)18-6-11-33-14-18/h3-6,11,14-15H,7-10,12-13H2,1-2H3,(H,26,29). The first kappa shape index (κ1) is 24.1. The lowest BCUT2D eigenvalue weighted by atomic mass is 10.1. The van der Waals surface area contributed by atoms with E-state index in [1.807, 2.05) is 53.8 Å². The molecule has 0 aliphatic carbocycles. The number of amides is 2. The fourth-order valence-electron chi connectivity index (χ4n) is 3.73. The molecule has 1 fully saturated rings. The summed E-state index contributed by atoms with van der Waals surface area (Å²) in [6.07, 6.45) is 0. The summed E-state index contributed by atoms with van der Waals surface area (Å²) in [6, 6.07) is 7.84. The minimum Gasteiger partial charge on any atom is -0.451 e. The second-order valence-electron chi connectivity index (χ2n) is 8.10. The summed E-state index contributed by atoms with van der Waals surface area (Å²) in [5, 5.41) is 9.30. The maximum Gasteiger partial charge on any atom is 0.358 e. The van der Waals surface area contributed by atoms with Crippen LogP contribution in [0.3, 0.4) is 0 Å². The predicted molar refractivity (Wildman–Crippen MR) is 133 cm³/mol. The Bertz CT molecular complexity index is 1150. The zero-order valence-electron chi connectivity index (χ0n) is 19.1. The van der Waals surface area contributed by atoms with Gasteiger partial charge in [0.1, 0.15) is 5.01 Å². The highest BCUT2D eigenvalue weighted by atomic mass is 32.1. The van der Waals surface area contributed by atoms with E-state index in [9.17, 15) is 14.4 Å². The molecule has 1 aromatic carbocycles. The van der Waals surface area contributed by atoms with Crippen LogP contribution in [0.1, 0.15) is 21.6 Å². The molecule has 0 spiro atoms. The van der Waals surface area contributed by atoms with Crippen LogP contribution in [0.5, 0.6) is 0 Å². The van der Waals surface area contributed by atoms with Gasteiger partial charge in [-0.05, 0) is 36.4 Å². The smallest absolute Gasteiger partial charge is 0.358 e. The number of carbonyl (C=O) groups excluding carboxylic acids is 3. The number of rotatable bonds is 7. The molecule has 1 N–H and O–H groups in total. The summed E-state index contributed by atoms with van der Waals surface area (Å²) in [5.74, 6) is -0.926. The molecule has 0 saturated carbocycles. The van der Waals surface area contributed by atoms with E-state index < -0.39 is 5.97 Å². The predicted octanol–water partition coefficient (Wildman–Crippen LogP) is 3.43. The molecular formula is C24H26N4O4S2. The van der Waals surface area contributed by atoms with Crippen molar-refractivity contribution in [1.29, 1.82) is 0 Å². The first-order valence-corrected chi connectivity index (χ1v) is 12.7. The van der Waals surface area contributed by atoms with Crippen molar-refractivity contribution in [2.45, 2.75) is 13.8 Å². The normalized spacial score (nSPS) is 14.1. The molecule has 1 aliphatic rings. The Morgan fingerprint density at radius 3 is 2.47 bits per heavy atom. The van der Waals surface area contributed by atoms with Crippen LogP contribution in [-0.2, 0) is 14.3 Å². The first-order chi connectivity index (χ1) is 16.4. The van der Waals surface area contributed by atoms with Crippen molar-refractivity contribution in [2.24, 2.45) is 0 Å². The molecule has 0 bridgehead atoms. The van der Waals surface area contributed by atoms with Crippen molar-refractivity contribution in [3.63, 3.8) is 0 Å². The number of piperazine rings is 1. The molecule has 2 amide bonds. The van der Waals surface area contributed by atoms with Crippen molar-refractivity contribution in [2.75, 3.05) is 44.6 Å². The lowest BCUT2D eigenvalue weighted by Gasteiger charge is -2.34. The van der Waals surface area contributed by atoms with Crippen molar-refractivity contribution >= 4 is 46.1 Å². The number of para-hydroxylation sites is 1. The number of hydrogen-bond acceptors (Lipinski definition) is 8. The summed E-state index contributed by atoms with van der Waals surface area (Å²) in [5.41, 5.74) is 4.08. The number of carbonyl (C=O) groups is 3. The van der Waals surface area contributed by atoms with E-state index in [2.05, 4.69) is 10.3 Å². The fraction of sp³-hybridized carbons (Fsp3) is 0.333. The summed E-state index contributed by atoms with van der Waals surface area (Å²) in [4.78, 5) is 45.3. The van der Waals surface area contributed by atoms with Gasteiger partial charge in [0.05, 0.1) is 6.54 Å². The van der Waals surface area contributed by atoms with Crippen LogP contribution in [0, 0.1) is 13.8 Å². The van der Waals surface area contributed by atoms with Gasteiger partial charge >= 0.3 is 5.97 Å². The van der Waals surface area contributed by atoms with E-state index in [-0.39, 0.29) is 30.7 Å². The van der Waals surface area contributed by atoms with Crippen molar-refractivity contribution in [1.82, 2.24) is 14.8 Å². The third kappa shape index (κ3) is 5.88. The summed E-state index contributed by atoms with van der Waals surface area (Å²) < 4.78 is 5.19. The summed E-state index contributed by atoms with van der Waals surface area (Å²) >= 11 is 2.93. The average molecular weight is 499 g/mol. The number of nitrogens with zero attached hydrogens (tertiary/aromatic N) is 3. The number of aryl methyl sites for hydroxylation is 2. The Balaban J connectivity index is 1.20. The number of thiophene rings is 1. The molecule has 0 radical (unpaired) electrons. The Kier molecular flexibility index (Phi) is 7.71. The highest BCUT2D eigenvalue weighted by molar-refractivity contribution is 7.14. The minimum atomic E-state index is -0.604. The van der Waals surface area contributed by atoms with E-state index in [1.54, 1.807) is 21.6 Å². The Hall–Kier alpha value is -3.08. The first-order valence-electron chi connectivity index (χ1n) is 10.9. The van der Waals surface area contributed by atoms with Crippen molar-refractivity contribution in [3.8, 4) is 10.6 Å². The molecule has 3 heterocycles. The maximum atomic E-state index is 12.5. The number of nitrogens with one attached hydrogen (secondary N) is 1. The van der Waals surface area contributed by atoms with Gasteiger partial charge in [0.2, 0.25) is 5.91 Å². The minimum absolute atomic E-state index is 0.0730. The highest BCUT2D eigenvalue weighted by Gasteiger charge is 2.24. The van der Waals surface area contributed by atoms with Crippen molar-refractivity contribution < 1.29 is 19.1 Å². The third-order valence-corrected chi connectivity index (χ3v) is 7.22. The Morgan fingerprint density at radius 2 is 1.79 bits per heavy atom. The van der Waals surface area contributed by atoms with Crippen LogP contribution in [0.2, 0.25) is 0 Å². The van der Waals surface area contributed by atoms with Gasteiger partial charge in [-0.1, -0.05) is 18.2 Å². The van der Waals surface area contributed by atoms with Gasteiger partial charge in [0, 0.05) is 48.2 Å². The molecule has 3 aromatic rings. The molecule has 1 aliphatic heterocycles. The van der Waals surface area contributed by atoms with Gasteiger partial charge in [-0.3, -0.25) is 14.5 Å². The SMILES string of the molecule is Cc1cccc(C)c1NC(=O)CN1CCN(C(=O)COC(=O)c2csc(-c3ccsc3)n2)CC1. The number of aromatic nitrogens is 1. The Labute approximate surface area is 206 Å². The molecule has 4 rings (SSSR count).